The molecule has 0 aromatic heterocycles. The quantitative estimate of drug-likeness (QED) is 0.845. The molecule has 1 saturated heterocycles. The predicted molar refractivity (Wildman–Crippen MR) is 107 cm³/mol. The van der Waals surface area contributed by atoms with Gasteiger partial charge in [0, 0.05) is 30.4 Å². The monoisotopic (exact) mass is 335 g/mol. The van der Waals surface area contributed by atoms with Crippen molar-refractivity contribution in [3.8, 4) is 0 Å². The summed E-state index contributed by atoms with van der Waals surface area (Å²) in [6.45, 7) is 10.2. The van der Waals surface area contributed by atoms with Crippen molar-refractivity contribution < 1.29 is 0 Å². The SMILES string of the molecule is CCN1CN(/C(=C/c2ccccc2C)c2ccccc2C)CC1CN. The van der Waals surface area contributed by atoms with Gasteiger partial charge in [-0.3, -0.25) is 4.90 Å². The van der Waals surface area contributed by atoms with Crippen molar-refractivity contribution in [3.05, 3.63) is 70.8 Å². The molecule has 0 spiro atoms. The van der Waals surface area contributed by atoms with Crippen molar-refractivity contribution in [2.75, 3.05) is 26.3 Å². The lowest BCUT2D eigenvalue weighted by atomic mass is 10.0. The largest absolute Gasteiger partial charge is 0.356 e. The van der Waals surface area contributed by atoms with Crippen molar-refractivity contribution in [1.29, 1.82) is 0 Å². The number of hydrogen-bond donors (Lipinski definition) is 1. The van der Waals surface area contributed by atoms with E-state index in [4.69, 9.17) is 5.73 Å². The Kier molecular flexibility index (Phi) is 5.57. The number of hydrogen-bond acceptors (Lipinski definition) is 3. The maximum absolute atomic E-state index is 6.02. The van der Waals surface area contributed by atoms with E-state index in [0.717, 1.165) is 19.8 Å². The van der Waals surface area contributed by atoms with E-state index in [0.29, 0.717) is 12.6 Å². The van der Waals surface area contributed by atoms with Crippen LogP contribution in [0.5, 0.6) is 0 Å². The van der Waals surface area contributed by atoms with E-state index in [1.807, 2.05) is 0 Å². The van der Waals surface area contributed by atoms with E-state index in [9.17, 15) is 0 Å². The summed E-state index contributed by atoms with van der Waals surface area (Å²) in [6.07, 6.45) is 2.34. The van der Waals surface area contributed by atoms with Crippen LogP contribution in [0, 0.1) is 13.8 Å². The van der Waals surface area contributed by atoms with Crippen molar-refractivity contribution in [2.45, 2.75) is 26.8 Å². The van der Waals surface area contributed by atoms with Crippen LogP contribution in [0.1, 0.15) is 29.2 Å². The molecule has 1 atom stereocenters. The zero-order valence-electron chi connectivity index (χ0n) is 15.6. The first kappa shape index (κ1) is 17.7. The van der Waals surface area contributed by atoms with E-state index in [-0.39, 0.29) is 0 Å². The standard InChI is InChI=1S/C22H29N3/c1-4-24-16-25(15-20(24)14-23)22(21-12-8-6-10-18(21)3)13-19-11-7-5-9-17(19)2/h5-13,20H,4,14-16,23H2,1-3H3/b22-13+. The van der Waals surface area contributed by atoms with E-state index >= 15 is 0 Å². The summed E-state index contributed by atoms with van der Waals surface area (Å²) in [5.74, 6) is 0. The minimum Gasteiger partial charge on any atom is -0.356 e. The van der Waals surface area contributed by atoms with Crippen LogP contribution in [0.3, 0.4) is 0 Å². The fraction of sp³-hybridized carbons (Fsp3) is 0.364. The highest BCUT2D eigenvalue weighted by Gasteiger charge is 2.30. The van der Waals surface area contributed by atoms with Gasteiger partial charge in [0.05, 0.1) is 6.67 Å². The Morgan fingerprint density at radius 1 is 1.08 bits per heavy atom. The topological polar surface area (TPSA) is 32.5 Å². The second-order valence-electron chi connectivity index (χ2n) is 6.86. The maximum Gasteiger partial charge on any atom is 0.0711 e. The second-order valence-corrected chi connectivity index (χ2v) is 6.86. The number of benzene rings is 2. The van der Waals surface area contributed by atoms with Crippen LogP contribution in [0.25, 0.3) is 11.8 Å². The smallest absolute Gasteiger partial charge is 0.0711 e. The predicted octanol–water partition coefficient (Wildman–Crippen LogP) is 3.72. The number of aryl methyl sites for hydroxylation is 2. The molecule has 1 fully saturated rings. The van der Waals surface area contributed by atoms with Gasteiger partial charge in [0.2, 0.25) is 0 Å². The van der Waals surface area contributed by atoms with Gasteiger partial charge in [-0.15, -0.1) is 0 Å². The van der Waals surface area contributed by atoms with Gasteiger partial charge >= 0.3 is 0 Å². The fourth-order valence-corrected chi connectivity index (χ4v) is 3.61. The Bertz CT molecular complexity index is 738. The molecule has 1 aliphatic rings. The van der Waals surface area contributed by atoms with Gasteiger partial charge in [-0.05, 0) is 43.2 Å². The summed E-state index contributed by atoms with van der Waals surface area (Å²) >= 11 is 0. The van der Waals surface area contributed by atoms with Gasteiger partial charge in [0.1, 0.15) is 0 Å². The Morgan fingerprint density at radius 2 is 1.76 bits per heavy atom. The van der Waals surface area contributed by atoms with Crippen LogP contribution in [0.2, 0.25) is 0 Å². The molecular formula is C22H29N3. The van der Waals surface area contributed by atoms with E-state index in [1.165, 1.54) is 28.0 Å². The molecule has 0 bridgehead atoms. The lowest BCUT2D eigenvalue weighted by Gasteiger charge is -2.24. The minimum atomic E-state index is 0.425. The molecule has 25 heavy (non-hydrogen) atoms. The summed E-state index contributed by atoms with van der Waals surface area (Å²) in [7, 11) is 0. The van der Waals surface area contributed by atoms with Gasteiger partial charge in [0.15, 0.2) is 0 Å². The van der Waals surface area contributed by atoms with Crippen LogP contribution >= 0.6 is 0 Å². The van der Waals surface area contributed by atoms with Gasteiger partial charge < -0.3 is 10.6 Å². The molecule has 0 saturated carbocycles. The van der Waals surface area contributed by atoms with Crippen molar-refractivity contribution >= 4 is 11.8 Å². The number of nitrogens with two attached hydrogens (primary N) is 1. The second kappa shape index (κ2) is 7.85. The highest BCUT2D eigenvalue weighted by atomic mass is 15.4. The van der Waals surface area contributed by atoms with E-state index in [1.54, 1.807) is 0 Å². The van der Waals surface area contributed by atoms with Gasteiger partial charge in [-0.2, -0.15) is 0 Å². The zero-order valence-corrected chi connectivity index (χ0v) is 15.6. The van der Waals surface area contributed by atoms with Crippen LogP contribution in [0.4, 0.5) is 0 Å². The fourth-order valence-electron chi connectivity index (χ4n) is 3.61. The van der Waals surface area contributed by atoms with Gasteiger partial charge in [-0.25, -0.2) is 0 Å². The molecule has 132 valence electrons. The molecule has 3 nitrogen and oxygen atoms in total. The number of rotatable bonds is 5. The first-order valence-electron chi connectivity index (χ1n) is 9.16. The van der Waals surface area contributed by atoms with Crippen molar-refractivity contribution in [3.63, 3.8) is 0 Å². The average molecular weight is 335 g/mol. The Morgan fingerprint density at radius 3 is 2.36 bits per heavy atom. The summed E-state index contributed by atoms with van der Waals surface area (Å²) in [6, 6.07) is 17.7. The summed E-state index contributed by atoms with van der Waals surface area (Å²) in [5.41, 5.74) is 12.5. The maximum atomic E-state index is 6.02. The van der Waals surface area contributed by atoms with E-state index in [2.05, 4.69) is 85.2 Å². The summed E-state index contributed by atoms with van der Waals surface area (Å²) in [4.78, 5) is 4.94. The third-order valence-electron chi connectivity index (χ3n) is 5.22. The first-order valence-corrected chi connectivity index (χ1v) is 9.16. The zero-order chi connectivity index (χ0) is 17.8. The Hall–Kier alpha value is -2.10. The molecule has 2 aromatic carbocycles. The first-order chi connectivity index (χ1) is 12.1. The summed E-state index contributed by atoms with van der Waals surface area (Å²) in [5, 5.41) is 0. The molecule has 0 amide bonds. The summed E-state index contributed by atoms with van der Waals surface area (Å²) < 4.78 is 0. The molecule has 0 radical (unpaired) electrons. The minimum absolute atomic E-state index is 0.425. The van der Waals surface area contributed by atoms with E-state index < -0.39 is 0 Å². The molecule has 1 unspecified atom stereocenters. The van der Waals surface area contributed by atoms with Gasteiger partial charge in [-0.1, -0.05) is 55.5 Å². The normalized spacial score (nSPS) is 18.8. The molecule has 2 N–H and O–H groups in total. The number of nitrogens with zero attached hydrogens (tertiary/aromatic N) is 2. The lowest BCUT2D eigenvalue weighted by Crippen LogP contribution is -2.36. The average Bonchev–Trinajstić information content (AvgIpc) is 3.05. The molecule has 3 rings (SSSR count). The molecule has 1 aliphatic heterocycles. The van der Waals surface area contributed by atoms with Gasteiger partial charge in [0.25, 0.3) is 0 Å². The van der Waals surface area contributed by atoms with Crippen LogP contribution in [0.15, 0.2) is 48.5 Å². The third-order valence-corrected chi connectivity index (χ3v) is 5.22. The highest BCUT2D eigenvalue weighted by molar-refractivity contribution is 5.82. The number of likely N-dealkylation sites (N-methyl/N-ethyl adjacent to an activating group) is 1. The van der Waals surface area contributed by atoms with Crippen molar-refractivity contribution in [1.82, 2.24) is 9.80 Å². The highest BCUT2D eigenvalue weighted by Crippen LogP contribution is 2.29. The Labute approximate surface area is 151 Å². The molecule has 1 heterocycles. The molecular weight excluding hydrogens is 306 g/mol. The van der Waals surface area contributed by atoms with Crippen molar-refractivity contribution in [2.24, 2.45) is 5.73 Å². The molecule has 2 aromatic rings. The Balaban J connectivity index is 2.05. The van der Waals surface area contributed by atoms with Crippen LogP contribution in [-0.4, -0.2) is 42.1 Å². The molecule has 3 heteroatoms. The van der Waals surface area contributed by atoms with Crippen LogP contribution < -0.4 is 5.73 Å². The third kappa shape index (κ3) is 3.78. The molecule has 0 aliphatic carbocycles. The lowest BCUT2D eigenvalue weighted by molar-refractivity contribution is 0.260. The van der Waals surface area contributed by atoms with Crippen LogP contribution in [-0.2, 0) is 0 Å².